The molecule has 3 N–H and O–H groups in total. The number of hydrogen-bond acceptors (Lipinski definition) is 9. The number of aromatic nitrogens is 4. The minimum Gasteiger partial charge on any atom is -0.505 e. The molecule has 0 spiro atoms. The lowest BCUT2D eigenvalue weighted by Gasteiger charge is -2.12. The van der Waals surface area contributed by atoms with E-state index in [0.29, 0.717) is 28.3 Å². The number of fused-ring (bicyclic) bond motifs is 1. The molecule has 3 aromatic carbocycles. The van der Waals surface area contributed by atoms with E-state index in [-0.39, 0.29) is 40.9 Å². The second-order valence-electron chi connectivity index (χ2n) is 7.85. The van der Waals surface area contributed by atoms with Crippen LogP contribution in [0.5, 0.6) is 5.75 Å². The number of phenols is 1. The highest BCUT2D eigenvalue weighted by Gasteiger charge is 2.20. The van der Waals surface area contributed by atoms with Crippen LogP contribution in [0.4, 0.5) is 17.2 Å². The highest BCUT2D eigenvalue weighted by Crippen LogP contribution is 2.38. The van der Waals surface area contributed by atoms with E-state index in [1.807, 2.05) is 0 Å². The number of benzene rings is 3. The number of azo groups is 1. The van der Waals surface area contributed by atoms with E-state index in [2.05, 4.69) is 30.6 Å². The van der Waals surface area contributed by atoms with Crippen molar-refractivity contribution >= 4 is 40.2 Å². The number of carbonyl (C=O) groups excluding carboxylic acids is 2. The molecule has 0 aliphatic heterocycles. The molecule has 0 aliphatic carbocycles. The molecule has 1 amide bonds. The van der Waals surface area contributed by atoms with Gasteiger partial charge in [0.05, 0.1) is 23.9 Å². The minimum atomic E-state index is -0.557. The molecule has 0 bridgehead atoms. The highest BCUT2D eigenvalue weighted by atomic mass is 16.3. The van der Waals surface area contributed by atoms with Crippen LogP contribution >= 0.6 is 0 Å². The zero-order chi connectivity index (χ0) is 25.8. The number of hydrogen-bond donors (Lipinski definition) is 3. The van der Waals surface area contributed by atoms with Gasteiger partial charge in [-0.3, -0.25) is 9.59 Å². The number of aldehydes is 1. The van der Waals surface area contributed by atoms with Crippen LogP contribution in [0.15, 0.2) is 89.5 Å². The molecule has 0 atom stereocenters. The molecule has 0 unspecified atom stereocenters. The SMILES string of the molecule is O=Cc1cnn(-c2ncccn2)c1/N=N/c1cc2ccccc2c(C(=O)Nc2ccc(CO)cc2)c1O. The van der Waals surface area contributed by atoms with Gasteiger partial charge in [0.2, 0.25) is 0 Å². The van der Waals surface area contributed by atoms with E-state index in [0.717, 1.165) is 0 Å². The summed E-state index contributed by atoms with van der Waals surface area (Å²) in [5.41, 5.74) is 1.34. The number of anilines is 1. The quantitative estimate of drug-likeness (QED) is 0.223. The summed E-state index contributed by atoms with van der Waals surface area (Å²) in [6.07, 6.45) is 4.91. The van der Waals surface area contributed by atoms with Crippen molar-refractivity contribution in [3.8, 4) is 11.7 Å². The van der Waals surface area contributed by atoms with Crippen LogP contribution in [0.2, 0.25) is 0 Å². The molecule has 2 aromatic heterocycles. The Hall–Kier alpha value is -5.29. The van der Waals surface area contributed by atoms with E-state index in [9.17, 15) is 19.8 Å². The van der Waals surface area contributed by atoms with E-state index < -0.39 is 5.91 Å². The summed E-state index contributed by atoms with van der Waals surface area (Å²) in [5.74, 6) is -0.705. The Morgan fingerprint density at radius 1 is 1.03 bits per heavy atom. The first kappa shape index (κ1) is 23.5. The van der Waals surface area contributed by atoms with E-state index in [4.69, 9.17) is 0 Å². The standard InChI is InChI=1S/C26H19N7O4/c34-14-16-6-8-19(9-7-16)30-25(37)22-20-5-2-1-4-17(20)12-21(23(22)36)31-32-24-18(15-35)13-29-33(24)26-27-10-3-11-28-26/h1-13,15,34,36H,14H2,(H,30,37)/b32-31+. The molecule has 0 aliphatic rings. The lowest BCUT2D eigenvalue weighted by atomic mass is 10.0. The molecule has 0 saturated carbocycles. The number of nitrogens with one attached hydrogen (secondary N) is 1. The van der Waals surface area contributed by atoms with Gasteiger partial charge in [0, 0.05) is 18.1 Å². The van der Waals surface area contributed by atoms with Gasteiger partial charge in [-0.05, 0) is 40.6 Å². The number of aliphatic hydroxyl groups excluding tert-OH is 1. The normalized spacial score (nSPS) is 11.2. The summed E-state index contributed by atoms with van der Waals surface area (Å²) < 4.78 is 1.25. The van der Waals surface area contributed by atoms with Crippen molar-refractivity contribution in [2.45, 2.75) is 6.61 Å². The number of amides is 1. The van der Waals surface area contributed by atoms with Crippen LogP contribution in [0, 0.1) is 0 Å². The lowest BCUT2D eigenvalue weighted by molar-refractivity contribution is 0.102. The van der Waals surface area contributed by atoms with Gasteiger partial charge in [-0.15, -0.1) is 10.2 Å². The smallest absolute Gasteiger partial charge is 0.260 e. The summed E-state index contributed by atoms with van der Waals surface area (Å²) in [5, 5.41) is 36.7. The van der Waals surface area contributed by atoms with Crippen LogP contribution in [0.3, 0.4) is 0 Å². The third-order valence-electron chi connectivity index (χ3n) is 5.52. The first-order valence-corrected chi connectivity index (χ1v) is 11.1. The van der Waals surface area contributed by atoms with Gasteiger partial charge in [0.25, 0.3) is 11.9 Å². The molecule has 5 rings (SSSR count). The second kappa shape index (κ2) is 10.1. The number of rotatable bonds is 7. The summed E-state index contributed by atoms with van der Waals surface area (Å²) in [7, 11) is 0. The molecule has 11 heteroatoms. The van der Waals surface area contributed by atoms with Crippen molar-refractivity contribution < 1.29 is 19.8 Å². The van der Waals surface area contributed by atoms with Crippen LogP contribution in [-0.4, -0.2) is 42.2 Å². The Morgan fingerprint density at radius 3 is 2.51 bits per heavy atom. The third-order valence-corrected chi connectivity index (χ3v) is 5.52. The highest BCUT2D eigenvalue weighted by molar-refractivity contribution is 6.16. The van der Waals surface area contributed by atoms with Gasteiger partial charge in [-0.1, -0.05) is 36.4 Å². The second-order valence-corrected chi connectivity index (χ2v) is 7.85. The van der Waals surface area contributed by atoms with Crippen LogP contribution in [0.25, 0.3) is 16.7 Å². The number of aromatic hydroxyl groups is 1. The van der Waals surface area contributed by atoms with E-state index in [1.54, 1.807) is 60.7 Å². The fourth-order valence-electron chi connectivity index (χ4n) is 3.70. The average molecular weight is 493 g/mol. The fourth-order valence-corrected chi connectivity index (χ4v) is 3.70. The fraction of sp³-hybridized carbons (Fsp3) is 0.0385. The van der Waals surface area contributed by atoms with Gasteiger partial charge in [0.1, 0.15) is 5.69 Å². The van der Waals surface area contributed by atoms with Crippen LogP contribution in [-0.2, 0) is 6.61 Å². The Labute approximate surface area is 209 Å². The first-order chi connectivity index (χ1) is 18.1. The van der Waals surface area contributed by atoms with Crippen molar-refractivity contribution in [1.29, 1.82) is 0 Å². The number of aliphatic hydroxyl groups is 1. The van der Waals surface area contributed by atoms with Gasteiger partial charge in [-0.25, -0.2) is 9.97 Å². The maximum absolute atomic E-state index is 13.3. The van der Waals surface area contributed by atoms with Crippen molar-refractivity contribution in [2.75, 3.05) is 5.32 Å². The maximum Gasteiger partial charge on any atom is 0.260 e. The lowest BCUT2D eigenvalue weighted by Crippen LogP contribution is -2.12. The molecular weight excluding hydrogens is 474 g/mol. The summed E-state index contributed by atoms with van der Waals surface area (Å²) >= 11 is 0. The maximum atomic E-state index is 13.3. The van der Waals surface area contributed by atoms with Crippen molar-refractivity contribution in [2.24, 2.45) is 10.2 Å². The predicted octanol–water partition coefficient (Wildman–Crippen LogP) is 4.49. The molecule has 182 valence electrons. The Morgan fingerprint density at radius 2 is 1.78 bits per heavy atom. The van der Waals surface area contributed by atoms with E-state index >= 15 is 0 Å². The summed E-state index contributed by atoms with van der Waals surface area (Å²) in [6.45, 7) is -0.117. The van der Waals surface area contributed by atoms with Gasteiger partial charge in [0.15, 0.2) is 17.9 Å². The van der Waals surface area contributed by atoms with Crippen LogP contribution in [0.1, 0.15) is 26.3 Å². The Balaban J connectivity index is 1.57. The molecule has 37 heavy (non-hydrogen) atoms. The van der Waals surface area contributed by atoms with Gasteiger partial charge in [-0.2, -0.15) is 9.78 Å². The van der Waals surface area contributed by atoms with Gasteiger partial charge >= 0.3 is 0 Å². The minimum absolute atomic E-state index is 0.00814. The third kappa shape index (κ3) is 4.66. The number of carbonyl (C=O) groups is 2. The predicted molar refractivity (Wildman–Crippen MR) is 135 cm³/mol. The summed E-state index contributed by atoms with van der Waals surface area (Å²) in [4.78, 5) is 33.1. The number of nitrogens with zero attached hydrogens (tertiary/aromatic N) is 6. The molecule has 0 radical (unpaired) electrons. The summed E-state index contributed by atoms with van der Waals surface area (Å²) in [6, 6.07) is 16.9. The molecule has 0 saturated heterocycles. The molecular formula is C26H19N7O4. The molecule has 5 aromatic rings. The molecule has 0 fully saturated rings. The number of phenolic OH excluding ortho intramolecular Hbond substituents is 1. The monoisotopic (exact) mass is 493 g/mol. The van der Waals surface area contributed by atoms with Gasteiger partial charge < -0.3 is 15.5 Å². The van der Waals surface area contributed by atoms with Crippen molar-refractivity contribution in [1.82, 2.24) is 19.7 Å². The zero-order valence-corrected chi connectivity index (χ0v) is 19.2. The van der Waals surface area contributed by atoms with Crippen molar-refractivity contribution in [3.63, 3.8) is 0 Å². The zero-order valence-electron chi connectivity index (χ0n) is 19.2. The van der Waals surface area contributed by atoms with Crippen molar-refractivity contribution in [3.05, 3.63) is 95.9 Å². The molecule has 2 heterocycles. The Bertz CT molecular complexity index is 1630. The largest absolute Gasteiger partial charge is 0.505 e. The van der Waals surface area contributed by atoms with Crippen LogP contribution < -0.4 is 5.32 Å². The molecule has 11 nitrogen and oxygen atoms in total. The average Bonchev–Trinajstić information content (AvgIpc) is 3.35. The van der Waals surface area contributed by atoms with E-state index in [1.165, 1.54) is 23.3 Å². The topological polar surface area (TPSA) is 155 Å². The first-order valence-electron chi connectivity index (χ1n) is 11.1. The Kier molecular flexibility index (Phi) is 6.43.